The van der Waals surface area contributed by atoms with Crippen LogP contribution in [0.15, 0.2) is 101 Å². The molecule has 4 heterocycles. The average molecular weight is 649 g/mol. The zero-order valence-corrected chi connectivity index (χ0v) is 26.9. The van der Waals surface area contributed by atoms with E-state index in [0.717, 1.165) is 65.8 Å². The molecular formula is C35H33FN8O2S. The van der Waals surface area contributed by atoms with Gasteiger partial charge in [0.25, 0.3) is 0 Å². The van der Waals surface area contributed by atoms with Crippen LogP contribution < -0.4 is 14.5 Å². The van der Waals surface area contributed by atoms with Crippen molar-refractivity contribution in [2.24, 2.45) is 0 Å². The van der Waals surface area contributed by atoms with E-state index in [4.69, 9.17) is 9.26 Å². The minimum atomic E-state index is -0.221. The van der Waals surface area contributed by atoms with E-state index in [-0.39, 0.29) is 12.4 Å². The highest BCUT2D eigenvalue weighted by Gasteiger charge is 2.20. The zero-order valence-electron chi connectivity index (χ0n) is 26.1. The minimum absolute atomic E-state index is 0.221. The van der Waals surface area contributed by atoms with Gasteiger partial charge in [-0.3, -0.25) is 4.57 Å². The Morgan fingerprint density at radius 3 is 2.28 bits per heavy atom. The van der Waals surface area contributed by atoms with Gasteiger partial charge in [-0.2, -0.15) is 4.98 Å². The van der Waals surface area contributed by atoms with Crippen molar-refractivity contribution in [2.45, 2.75) is 31.4 Å². The number of nitrogens with zero attached hydrogens (tertiary/aromatic N) is 8. The lowest BCUT2D eigenvalue weighted by atomic mass is 10.1. The normalized spacial score (nSPS) is 13.3. The molecule has 1 aliphatic rings. The fraction of sp³-hybridized carbons (Fsp3) is 0.229. The second kappa shape index (κ2) is 13.6. The molecule has 7 rings (SSSR count). The molecule has 0 amide bonds. The van der Waals surface area contributed by atoms with Crippen LogP contribution in [0.3, 0.4) is 0 Å². The molecule has 1 saturated heterocycles. The van der Waals surface area contributed by atoms with E-state index in [1.54, 1.807) is 6.20 Å². The SMILES string of the molecule is Cc1cccc(C)c1OCc1nnc(SCc2nc(-c3ccc(N4CCN(c5ccc(F)cc5)CC4)nc3)no2)n1-c1ccccc1. The van der Waals surface area contributed by atoms with Crippen molar-refractivity contribution in [3.8, 4) is 22.8 Å². The summed E-state index contributed by atoms with van der Waals surface area (Å²) in [5.74, 6) is 3.59. The smallest absolute Gasteiger partial charge is 0.237 e. The summed E-state index contributed by atoms with van der Waals surface area (Å²) in [5, 5.41) is 13.9. The van der Waals surface area contributed by atoms with Crippen LogP contribution in [0.2, 0.25) is 0 Å². The molecule has 1 aliphatic heterocycles. The molecule has 0 aliphatic carbocycles. The number of ether oxygens (including phenoxy) is 1. The number of rotatable bonds is 10. The average Bonchev–Trinajstić information content (AvgIpc) is 3.75. The molecule has 0 N–H and O–H groups in total. The van der Waals surface area contributed by atoms with Gasteiger partial charge >= 0.3 is 0 Å². The maximum absolute atomic E-state index is 13.3. The quantitative estimate of drug-likeness (QED) is 0.150. The number of thioether (sulfide) groups is 1. The Morgan fingerprint density at radius 1 is 0.809 bits per heavy atom. The number of pyridine rings is 1. The largest absolute Gasteiger partial charge is 0.485 e. The summed E-state index contributed by atoms with van der Waals surface area (Å²) in [6.07, 6.45) is 1.78. The van der Waals surface area contributed by atoms with Crippen LogP contribution in [-0.4, -0.2) is 56.1 Å². The minimum Gasteiger partial charge on any atom is -0.485 e. The van der Waals surface area contributed by atoms with Crippen molar-refractivity contribution < 1.29 is 13.7 Å². The van der Waals surface area contributed by atoms with Crippen LogP contribution in [0.1, 0.15) is 22.8 Å². The second-order valence-electron chi connectivity index (χ2n) is 11.2. The second-order valence-corrected chi connectivity index (χ2v) is 12.2. The molecule has 1 fully saturated rings. The van der Waals surface area contributed by atoms with Crippen LogP contribution in [0.25, 0.3) is 17.1 Å². The van der Waals surface area contributed by atoms with Gasteiger partial charge in [-0.05, 0) is 73.5 Å². The van der Waals surface area contributed by atoms with Gasteiger partial charge in [0.1, 0.15) is 24.0 Å². The summed E-state index contributed by atoms with van der Waals surface area (Å²) in [5.41, 5.74) is 4.89. The van der Waals surface area contributed by atoms with Crippen molar-refractivity contribution in [1.82, 2.24) is 29.9 Å². The molecule has 10 nitrogen and oxygen atoms in total. The monoisotopic (exact) mass is 648 g/mol. The molecule has 3 aromatic carbocycles. The molecule has 238 valence electrons. The highest BCUT2D eigenvalue weighted by atomic mass is 32.2. The number of halogens is 1. The van der Waals surface area contributed by atoms with E-state index < -0.39 is 0 Å². The summed E-state index contributed by atoms with van der Waals surface area (Å²) in [4.78, 5) is 13.8. The molecule has 12 heteroatoms. The Morgan fingerprint density at radius 2 is 1.55 bits per heavy atom. The Labute approximate surface area is 276 Å². The maximum atomic E-state index is 13.3. The van der Waals surface area contributed by atoms with E-state index in [1.165, 1.54) is 23.9 Å². The number of benzene rings is 3. The van der Waals surface area contributed by atoms with E-state index in [2.05, 4.69) is 35.1 Å². The van der Waals surface area contributed by atoms with Crippen molar-refractivity contribution in [2.75, 3.05) is 36.0 Å². The Balaban J connectivity index is 0.996. The Kier molecular flexibility index (Phi) is 8.83. The number of para-hydroxylation sites is 2. The summed E-state index contributed by atoms with van der Waals surface area (Å²) in [7, 11) is 0. The highest BCUT2D eigenvalue weighted by Crippen LogP contribution is 2.28. The summed E-state index contributed by atoms with van der Waals surface area (Å²) in [6, 6.07) is 26.7. The topological polar surface area (TPSA) is 98.2 Å². The lowest BCUT2D eigenvalue weighted by Crippen LogP contribution is -2.46. The zero-order chi connectivity index (χ0) is 32.2. The third-order valence-corrected chi connectivity index (χ3v) is 8.98. The fourth-order valence-electron chi connectivity index (χ4n) is 5.60. The number of aromatic nitrogens is 6. The highest BCUT2D eigenvalue weighted by molar-refractivity contribution is 7.98. The number of hydrogen-bond acceptors (Lipinski definition) is 10. The van der Waals surface area contributed by atoms with Crippen molar-refractivity contribution in [1.29, 1.82) is 0 Å². The molecule has 0 spiro atoms. The lowest BCUT2D eigenvalue weighted by molar-refractivity contribution is 0.289. The number of piperazine rings is 1. The van der Waals surface area contributed by atoms with Crippen LogP contribution in [0.4, 0.5) is 15.9 Å². The van der Waals surface area contributed by atoms with Gasteiger partial charge in [0.05, 0.1) is 5.75 Å². The van der Waals surface area contributed by atoms with E-state index in [9.17, 15) is 4.39 Å². The predicted octanol–water partition coefficient (Wildman–Crippen LogP) is 6.67. The van der Waals surface area contributed by atoms with Crippen LogP contribution >= 0.6 is 11.8 Å². The summed E-state index contributed by atoms with van der Waals surface area (Å²) >= 11 is 1.47. The summed E-state index contributed by atoms with van der Waals surface area (Å²) in [6.45, 7) is 7.65. The van der Waals surface area contributed by atoms with Gasteiger partial charge in [-0.25, -0.2) is 9.37 Å². The molecule has 0 radical (unpaired) electrons. The Hall–Kier alpha value is -5.23. The number of anilines is 2. The van der Waals surface area contributed by atoms with Gasteiger partial charge in [-0.1, -0.05) is 53.3 Å². The molecule has 0 atom stereocenters. The first-order valence-corrected chi connectivity index (χ1v) is 16.4. The van der Waals surface area contributed by atoms with Crippen LogP contribution in [0.5, 0.6) is 5.75 Å². The van der Waals surface area contributed by atoms with Gasteiger partial charge in [0, 0.05) is 49.3 Å². The molecular weight excluding hydrogens is 616 g/mol. The molecule has 0 bridgehead atoms. The predicted molar refractivity (Wildman–Crippen MR) is 180 cm³/mol. The fourth-order valence-corrected chi connectivity index (χ4v) is 6.40. The molecule has 47 heavy (non-hydrogen) atoms. The summed E-state index contributed by atoms with van der Waals surface area (Å²) < 4.78 is 27.1. The van der Waals surface area contributed by atoms with Crippen molar-refractivity contribution in [3.05, 3.63) is 120 Å². The first kappa shape index (κ1) is 30.4. The standard InChI is InChI=1S/C35H33FN8O2S/c1-24-7-6-8-25(2)33(24)45-22-31-39-40-35(44(31)29-9-4-3-5-10-29)47-23-32-38-34(41-46-32)26-11-16-30(37-21-26)43-19-17-42(18-20-43)28-14-12-27(36)13-15-28/h3-16,21H,17-20,22-23H2,1-2H3. The lowest BCUT2D eigenvalue weighted by Gasteiger charge is -2.36. The third kappa shape index (κ3) is 6.82. The van der Waals surface area contributed by atoms with Gasteiger partial charge in [0.2, 0.25) is 11.7 Å². The molecule has 0 unspecified atom stereocenters. The Bertz CT molecular complexity index is 1920. The molecule has 6 aromatic rings. The van der Waals surface area contributed by atoms with Crippen molar-refractivity contribution >= 4 is 23.3 Å². The van der Waals surface area contributed by atoms with E-state index >= 15 is 0 Å². The maximum Gasteiger partial charge on any atom is 0.237 e. The van der Waals surface area contributed by atoms with Gasteiger partial charge in [-0.15, -0.1) is 10.2 Å². The van der Waals surface area contributed by atoms with Gasteiger partial charge in [0.15, 0.2) is 11.0 Å². The van der Waals surface area contributed by atoms with E-state index in [0.29, 0.717) is 28.4 Å². The third-order valence-electron chi connectivity index (χ3n) is 8.06. The molecule has 3 aromatic heterocycles. The van der Waals surface area contributed by atoms with Crippen LogP contribution in [0, 0.1) is 19.7 Å². The first-order valence-electron chi connectivity index (χ1n) is 15.4. The first-order chi connectivity index (χ1) is 23.0. The number of aryl methyl sites for hydroxylation is 2. The van der Waals surface area contributed by atoms with Gasteiger partial charge < -0.3 is 19.1 Å². The van der Waals surface area contributed by atoms with E-state index in [1.807, 2.05) is 91.2 Å². The molecule has 0 saturated carbocycles. The number of hydrogen-bond donors (Lipinski definition) is 0. The van der Waals surface area contributed by atoms with Crippen LogP contribution in [-0.2, 0) is 12.4 Å². The van der Waals surface area contributed by atoms with Crippen molar-refractivity contribution in [3.63, 3.8) is 0 Å².